The zero-order valence-electron chi connectivity index (χ0n) is 8.48. The third kappa shape index (κ3) is 2.47. The lowest BCUT2D eigenvalue weighted by Crippen LogP contribution is -2.03. The highest BCUT2D eigenvalue weighted by Crippen LogP contribution is 2.31. The van der Waals surface area contributed by atoms with Crippen LogP contribution in [0.15, 0.2) is 40.9 Å². The summed E-state index contributed by atoms with van der Waals surface area (Å²) in [6, 6.07) is 8.95. The van der Waals surface area contributed by atoms with Crippen LogP contribution in [0.25, 0.3) is 0 Å². The minimum Gasteiger partial charge on any atom is -0.382 e. The van der Waals surface area contributed by atoms with Crippen molar-refractivity contribution in [1.29, 1.82) is 0 Å². The van der Waals surface area contributed by atoms with Gasteiger partial charge in [0, 0.05) is 6.07 Å². The van der Waals surface area contributed by atoms with Gasteiger partial charge in [-0.2, -0.15) is 13.2 Å². The zero-order chi connectivity index (χ0) is 12.5. The molecule has 0 aliphatic heterocycles. The molecule has 1 unspecified atom stereocenters. The smallest absolute Gasteiger partial charge is 0.382 e. The Morgan fingerprint density at radius 1 is 1.18 bits per heavy atom. The van der Waals surface area contributed by atoms with Crippen LogP contribution < -0.4 is 0 Å². The number of rotatable bonds is 2. The third-order valence-electron chi connectivity index (χ3n) is 2.20. The van der Waals surface area contributed by atoms with Crippen LogP contribution in [0.3, 0.4) is 0 Å². The maximum Gasteiger partial charge on any atom is 0.452 e. The molecular formula is C11H8F3NO2. The molecule has 0 spiro atoms. The van der Waals surface area contributed by atoms with E-state index < -0.39 is 18.0 Å². The van der Waals surface area contributed by atoms with E-state index in [4.69, 9.17) is 0 Å². The normalized spacial score (nSPS) is 13.6. The van der Waals surface area contributed by atoms with Gasteiger partial charge in [0.15, 0.2) is 0 Å². The number of benzene rings is 1. The van der Waals surface area contributed by atoms with E-state index in [0.29, 0.717) is 11.6 Å². The predicted octanol–water partition coefficient (Wildman–Crippen LogP) is 2.78. The van der Waals surface area contributed by atoms with Gasteiger partial charge in [-0.1, -0.05) is 35.5 Å². The molecule has 0 aliphatic carbocycles. The average Bonchev–Trinajstić information content (AvgIpc) is 2.78. The Hall–Kier alpha value is -1.82. The topological polar surface area (TPSA) is 46.3 Å². The molecule has 1 aromatic heterocycles. The molecule has 3 nitrogen and oxygen atoms in total. The lowest BCUT2D eigenvalue weighted by Gasteiger charge is -2.06. The fourth-order valence-corrected chi connectivity index (χ4v) is 1.36. The van der Waals surface area contributed by atoms with Crippen LogP contribution >= 0.6 is 0 Å². The van der Waals surface area contributed by atoms with Crippen LogP contribution in [0.5, 0.6) is 0 Å². The van der Waals surface area contributed by atoms with Crippen molar-refractivity contribution in [1.82, 2.24) is 5.16 Å². The van der Waals surface area contributed by atoms with Crippen LogP contribution in [-0.4, -0.2) is 10.3 Å². The lowest BCUT2D eigenvalue weighted by atomic mass is 10.1. The zero-order valence-corrected chi connectivity index (χ0v) is 8.48. The predicted molar refractivity (Wildman–Crippen MR) is 52.0 cm³/mol. The molecule has 1 N–H and O–H groups in total. The Balaban J connectivity index is 2.27. The van der Waals surface area contributed by atoms with Gasteiger partial charge >= 0.3 is 6.18 Å². The molecule has 0 fully saturated rings. The fraction of sp³-hybridized carbons (Fsp3) is 0.182. The molecule has 1 atom stereocenters. The molecule has 0 bridgehead atoms. The molecule has 0 saturated heterocycles. The summed E-state index contributed by atoms with van der Waals surface area (Å²) in [4.78, 5) is 0. The summed E-state index contributed by atoms with van der Waals surface area (Å²) in [5.74, 6) is -1.22. The van der Waals surface area contributed by atoms with Gasteiger partial charge in [0.25, 0.3) is 0 Å². The number of hydrogen-bond acceptors (Lipinski definition) is 3. The Morgan fingerprint density at radius 3 is 2.35 bits per heavy atom. The van der Waals surface area contributed by atoms with Crippen LogP contribution in [0.1, 0.15) is 23.1 Å². The van der Waals surface area contributed by atoms with Crippen molar-refractivity contribution in [2.45, 2.75) is 12.3 Å². The van der Waals surface area contributed by atoms with Gasteiger partial charge in [0.1, 0.15) is 11.8 Å². The number of aliphatic hydroxyl groups excluding tert-OH is 1. The Morgan fingerprint density at radius 2 is 1.82 bits per heavy atom. The summed E-state index contributed by atoms with van der Waals surface area (Å²) in [5.41, 5.74) is 0.290. The second-order valence-corrected chi connectivity index (χ2v) is 3.43. The van der Waals surface area contributed by atoms with Crippen LogP contribution in [0.2, 0.25) is 0 Å². The van der Waals surface area contributed by atoms with E-state index in [0.717, 1.165) is 0 Å². The van der Waals surface area contributed by atoms with Crippen molar-refractivity contribution in [3.63, 3.8) is 0 Å². The summed E-state index contributed by atoms with van der Waals surface area (Å²) in [6.45, 7) is 0. The van der Waals surface area contributed by atoms with E-state index in [-0.39, 0.29) is 5.69 Å². The maximum atomic E-state index is 12.3. The largest absolute Gasteiger partial charge is 0.452 e. The fourth-order valence-electron chi connectivity index (χ4n) is 1.36. The molecule has 2 rings (SSSR count). The van der Waals surface area contributed by atoms with Crippen molar-refractivity contribution < 1.29 is 22.8 Å². The van der Waals surface area contributed by atoms with Gasteiger partial charge in [-0.25, -0.2) is 0 Å². The number of hydrogen-bond donors (Lipinski definition) is 1. The quantitative estimate of drug-likeness (QED) is 0.882. The first-order valence-corrected chi connectivity index (χ1v) is 4.75. The summed E-state index contributed by atoms with van der Waals surface area (Å²) in [6.07, 6.45) is -5.82. The van der Waals surface area contributed by atoms with E-state index in [1.807, 2.05) is 0 Å². The Kier molecular flexibility index (Phi) is 2.89. The molecule has 0 amide bonds. The molecule has 0 radical (unpaired) electrons. The minimum atomic E-state index is -4.60. The van der Waals surface area contributed by atoms with Crippen LogP contribution in [0, 0.1) is 0 Å². The molecule has 6 heteroatoms. The molecule has 17 heavy (non-hydrogen) atoms. The first-order valence-electron chi connectivity index (χ1n) is 4.75. The SMILES string of the molecule is OC(c1ccccc1)c1cc(C(F)(F)F)on1. The number of alkyl halides is 3. The highest BCUT2D eigenvalue weighted by atomic mass is 19.4. The van der Waals surface area contributed by atoms with Crippen LogP contribution in [0.4, 0.5) is 13.2 Å². The average molecular weight is 243 g/mol. The van der Waals surface area contributed by atoms with Crippen molar-refractivity contribution in [3.05, 3.63) is 53.4 Å². The Labute approximate surface area is 94.5 Å². The number of aliphatic hydroxyl groups is 1. The number of aromatic nitrogens is 1. The van der Waals surface area contributed by atoms with Crippen molar-refractivity contribution in [2.24, 2.45) is 0 Å². The van der Waals surface area contributed by atoms with Crippen molar-refractivity contribution >= 4 is 0 Å². The summed E-state index contributed by atoms with van der Waals surface area (Å²) < 4.78 is 40.9. The first kappa shape index (κ1) is 11.7. The van der Waals surface area contributed by atoms with Crippen molar-refractivity contribution in [2.75, 3.05) is 0 Å². The standard InChI is InChI=1S/C11H8F3NO2/c12-11(13,14)9-6-8(15-17-9)10(16)7-4-2-1-3-5-7/h1-6,10,16H. The third-order valence-corrected chi connectivity index (χ3v) is 2.20. The van der Waals surface area contributed by atoms with E-state index in [1.165, 1.54) is 0 Å². The van der Waals surface area contributed by atoms with Crippen molar-refractivity contribution in [3.8, 4) is 0 Å². The second-order valence-electron chi connectivity index (χ2n) is 3.43. The molecule has 0 saturated carbocycles. The summed E-state index contributed by atoms with van der Waals surface area (Å²) in [7, 11) is 0. The highest BCUT2D eigenvalue weighted by Gasteiger charge is 2.36. The molecular weight excluding hydrogens is 235 g/mol. The van der Waals surface area contributed by atoms with Gasteiger partial charge in [0.2, 0.25) is 5.76 Å². The van der Waals surface area contributed by atoms with Crippen LogP contribution in [-0.2, 0) is 6.18 Å². The molecule has 90 valence electrons. The monoisotopic (exact) mass is 243 g/mol. The Bertz CT molecular complexity index is 493. The lowest BCUT2D eigenvalue weighted by molar-refractivity contribution is -0.155. The van der Waals surface area contributed by atoms with Gasteiger partial charge in [-0.05, 0) is 5.56 Å². The first-order chi connectivity index (χ1) is 7.98. The van der Waals surface area contributed by atoms with Gasteiger partial charge in [-0.15, -0.1) is 0 Å². The summed E-state index contributed by atoms with van der Waals surface area (Å²) >= 11 is 0. The minimum absolute atomic E-state index is 0.163. The second kappa shape index (κ2) is 4.21. The number of nitrogens with zero attached hydrogens (tertiary/aromatic N) is 1. The maximum absolute atomic E-state index is 12.3. The van der Waals surface area contributed by atoms with E-state index >= 15 is 0 Å². The number of halogens is 3. The van der Waals surface area contributed by atoms with E-state index in [9.17, 15) is 18.3 Å². The molecule has 1 heterocycles. The molecule has 0 aliphatic rings. The van der Waals surface area contributed by atoms with Gasteiger partial charge in [0.05, 0.1) is 0 Å². The summed E-state index contributed by atoms with van der Waals surface area (Å²) in [5, 5.41) is 13.0. The molecule has 1 aromatic carbocycles. The van der Waals surface area contributed by atoms with E-state index in [1.54, 1.807) is 30.3 Å². The highest BCUT2D eigenvalue weighted by molar-refractivity contribution is 5.25. The van der Waals surface area contributed by atoms with Gasteiger partial charge < -0.3 is 9.63 Å². The van der Waals surface area contributed by atoms with E-state index in [2.05, 4.69) is 9.68 Å². The van der Waals surface area contributed by atoms with Gasteiger partial charge in [-0.3, -0.25) is 0 Å². The molecule has 2 aromatic rings.